The van der Waals surface area contributed by atoms with Crippen molar-refractivity contribution >= 4 is 11.8 Å². The van der Waals surface area contributed by atoms with Crippen molar-refractivity contribution in [3.63, 3.8) is 0 Å². The van der Waals surface area contributed by atoms with Gasteiger partial charge in [0, 0.05) is 9.79 Å². The van der Waals surface area contributed by atoms with Gasteiger partial charge in [-0.15, -0.1) is 0 Å². The Morgan fingerprint density at radius 1 is 0.550 bits per heavy atom. The summed E-state index contributed by atoms with van der Waals surface area (Å²) >= 11 is 1.79. The molecule has 0 aromatic heterocycles. The number of benzene rings is 3. The third-order valence-electron chi connectivity index (χ3n) is 3.22. The third-order valence-corrected chi connectivity index (χ3v) is 4.23. The zero-order valence-corrected chi connectivity index (χ0v) is 12.2. The highest BCUT2D eigenvalue weighted by molar-refractivity contribution is 7.99. The summed E-state index contributed by atoms with van der Waals surface area (Å²) in [5.41, 5.74) is 3.83. The van der Waals surface area contributed by atoms with Gasteiger partial charge in [-0.2, -0.15) is 0 Å². The van der Waals surface area contributed by atoms with Crippen molar-refractivity contribution in [3.05, 3.63) is 84.4 Å². The molecule has 0 fully saturated rings. The van der Waals surface area contributed by atoms with Gasteiger partial charge in [-0.05, 0) is 42.3 Å². The van der Waals surface area contributed by atoms with E-state index < -0.39 is 0 Å². The summed E-state index contributed by atoms with van der Waals surface area (Å²) in [6, 6.07) is 27.9. The number of rotatable bonds is 3. The monoisotopic (exact) mass is 276 g/mol. The van der Waals surface area contributed by atoms with Crippen LogP contribution in [0.3, 0.4) is 0 Å². The van der Waals surface area contributed by atoms with Crippen LogP contribution in [0.2, 0.25) is 0 Å². The molecule has 0 atom stereocenters. The van der Waals surface area contributed by atoms with Gasteiger partial charge in [0.2, 0.25) is 0 Å². The smallest absolute Gasteiger partial charge is 0.0122 e. The molecule has 0 aliphatic heterocycles. The SMILES string of the molecule is Cc1ccc(-c2ccc(Sc3ccccc3)cc2)cc1. The average Bonchev–Trinajstić information content (AvgIpc) is 2.50. The second-order valence-electron chi connectivity index (χ2n) is 4.81. The summed E-state index contributed by atoms with van der Waals surface area (Å²) in [4.78, 5) is 2.54. The highest BCUT2D eigenvalue weighted by atomic mass is 32.2. The van der Waals surface area contributed by atoms with E-state index in [-0.39, 0.29) is 0 Å². The normalized spacial score (nSPS) is 10.4. The lowest BCUT2D eigenvalue weighted by molar-refractivity contribution is 1.40. The molecule has 0 heterocycles. The van der Waals surface area contributed by atoms with Crippen molar-refractivity contribution < 1.29 is 0 Å². The summed E-state index contributed by atoms with van der Waals surface area (Å²) in [5.74, 6) is 0. The van der Waals surface area contributed by atoms with Crippen LogP contribution in [0.1, 0.15) is 5.56 Å². The molecule has 0 saturated heterocycles. The van der Waals surface area contributed by atoms with Crippen molar-refractivity contribution in [2.24, 2.45) is 0 Å². The second-order valence-corrected chi connectivity index (χ2v) is 5.95. The van der Waals surface area contributed by atoms with Gasteiger partial charge < -0.3 is 0 Å². The molecule has 3 aromatic carbocycles. The Labute approximate surface area is 124 Å². The number of hydrogen-bond donors (Lipinski definition) is 0. The Balaban J connectivity index is 1.79. The van der Waals surface area contributed by atoms with E-state index >= 15 is 0 Å². The van der Waals surface area contributed by atoms with E-state index in [0.29, 0.717) is 0 Å². The fraction of sp³-hybridized carbons (Fsp3) is 0.0526. The summed E-state index contributed by atoms with van der Waals surface area (Å²) in [7, 11) is 0. The standard InChI is InChI=1S/C19H16S/c1-15-7-9-16(10-8-15)17-11-13-19(14-12-17)20-18-5-3-2-4-6-18/h2-14H,1H3. The van der Waals surface area contributed by atoms with Crippen LogP contribution in [0.15, 0.2) is 88.7 Å². The zero-order chi connectivity index (χ0) is 13.8. The third kappa shape index (κ3) is 3.12. The Hall–Kier alpha value is -1.99. The van der Waals surface area contributed by atoms with Gasteiger partial charge in [0.1, 0.15) is 0 Å². The molecule has 98 valence electrons. The van der Waals surface area contributed by atoms with Gasteiger partial charge >= 0.3 is 0 Å². The van der Waals surface area contributed by atoms with Crippen LogP contribution in [0.4, 0.5) is 0 Å². The quantitative estimate of drug-likeness (QED) is 0.581. The maximum Gasteiger partial charge on any atom is 0.0122 e. The Kier molecular flexibility index (Phi) is 3.89. The molecule has 0 amide bonds. The fourth-order valence-electron chi connectivity index (χ4n) is 2.09. The molecular weight excluding hydrogens is 260 g/mol. The van der Waals surface area contributed by atoms with Crippen molar-refractivity contribution in [3.8, 4) is 11.1 Å². The molecule has 0 unspecified atom stereocenters. The molecule has 0 nitrogen and oxygen atoms in total. The summed E-state index contributed by atoms with van der Waals surface area (Å²) < 4.78 is 0. The molecule has 20 heavy (non-hydrogen) atoms. The van der Waals surface area contributed by atoms with Gasteiger partial charge in [0.25, 0.3) is 0 Å². The first kappa shape index (κ1) is 13.0. The van der Waals surface area contributed by atoms with Crippen LogP contribution < -0.4 is 0 Å². The van der Waals surface area contributed by atoms with Crippen molar-refractivity contribution in [2.45, 2.75) is 16.7 Å². The molecule has 0 radical (unpaired) electrons. The van der Waals surface area contributed by atoms with E-state index in [0.717, 1.165) is 0 Å². The molecule has 0 aliphatic carbocycles. The molecule has 0 bridgehead atoms. The van der Waals surface area contributed by atoms with E-state index in [9.17, 15) is 0 Å². The first-order valence-corrected chi connectivity index (χ1v) is 7.53. The van der Waals surface area contributed by atoms with Crippen LogP contribution in [0.25, 0.3) is 11.1 Å². The minimum atomic E-state index is 1.27. The van der Waals surface area contributed by atoms with Gasteiger partial charge in [0.15, 0.2) is 0 Å². The first-order chi connectivity index (χ1) is 9.81. The second kappa shape index (κ2) is 5.98. The van der Waals surface area contributed by atoms with E-state index in [1.807, 2.05) is 6.07 Å². The van der Waals surface area contributed by atoms with Crippen LogP contribution in [0, 0.1) is 6.92 Å². The lowest BCUT2D eigenvalue weighted by Crippen LogP contribution is -1.79. The summed E-state index contributed by atoms with van der Waals surface area (Å²) in [6.07, 6.45) is 0. The van der Waals surface area contributed by atoms with Crippen LogP contribution in [0.5, 0.6) is 0 Å². The van der Waals surface area contributed by atoms with Gasteiger partial charge in [-0.25, -0.2) is 0 Å². The predicted molar refractivity (Wildman–Crippen MR) is 87.2 cm³/mol. The lowest BCUT2D eigenvalue weighted by atomic mass is 10.0. The Morgan fingerprint density at radius 2 is 1.05 bits per heavy atom. The van der Waals surface area contributed by atoms with Crippen molar-refractivity contribution in [1.82, 2.24) is 0 Å². The molecule has 3 aromatic rings. The van der Waals surface area contributed by atoms with Crippen molar-refractivity contribution in [1.29, 1.82) is 0 Å². The van der Waals surface area contributed by atoms with Crippen molar-refractivity contribution in [2.75, 3.05) is 0 Å². The molecule has 0 N–H and O–H groups in total. The van der Waals surface area contributed by atoms with E-state index in [1.165, 1.54) is 26.5 Å². The minimum Gasteiger partial charge on any atom is -0.0901 e. The molecule has 3 rings (SSSR count). The van der Waals surface area contributed by atoms with E-state index in [1.54, 1.807) is 11.8 Å². The van der Waals surface area contributed by atoms with Crippen LogP contribution in [-0.4, -0.2) is 0 Å². The highest BCUT2D eigenvalue weighted by Crippen LogP contribution is 2.29. The molecule has 0 aliphatic rings. The van der Waals surface area contributed by atoms with Crippen LogP contribution in [-0.2, 0) is 0 Å². The van der Waals surface area contributed by atoms with Crippen LogP contribution >= 0.6 is 11.8 Å². The van der Waals surface area contributed by atoms with Gasteiger partial charge in [-0.3, -0.25) is 0 Å². The lowest BCUT2D eigenvalue weighted by Gasteiger charge is -2.05. The largest absolute Gasteiger partial charge is 0.0901 e. The molecule has 1 heteroatoms. The number of aryl methyl sites for hydroxylation is 1. The highest BCUT2D eigenvalue weighted by Gasteiger charge is 1.99. The van der Waals surface area contributed by atoms with Gasteiger partial charge in [0.05, 0.1) is 0 Å². The minimum absolute atomic E-state index is 1.27. The van der Waals surface area contributed by atoms with E-state index in [4.69, 9.17) is 0 Å². The molecular formula is C19H16S. The average molecular weight is 276 g/mol. The van der Waals surface area contributed by atoms with E-state index in [2.05, 4.69) is 79.7 Å². The Bertz CT molecular complexity index is 667. The Morgan fingerprint density at radius 3 is 1.65 bits per heavy atom. The predicted octanol–water partition coefficient (Wildman–Crippen LogP) is 5.81. The maximum absolute atomic E-state index is 2.19. The fourth-order valence-corrected chi connectivity index (χ4v) is 2.92. The molecule has 0 saturated carbocycles. The summed E-state index contributed by atoms with van der Waals surface area (Å²) in [5, 5.41) is 0. The zero-order valence-electron chi connectivity index (χ0n) is 11.4. The summed E-state index contributed by atoms with van der Waals surface area (Å²) in [6.45, 7) is 2.11. The first-order valence-electron chi connectivity index (χ1n) is 6.71. The van der Waals surface area contributed by atoms with Gasteiger partial charge in [-0.1, -0.05) is 71.9 Å². The topological polar surface area (TPSA) is 0 Å². The number of hydrogen-bond acceptors (Lipinski definition) is 1. The molecule has 0 spiro atoms. The maximum atomic E-state index is 2.19.